The number of aromatic nitrogens is 2. The number of aliphatic hydroxyl groups excluding tert-OH is 2. The number of carbonyl (C=O) groups is 15. The number of carboxylic acid groups (broad SMARTS) is 2. The Hall–Kier alpha value is -11.4. The first-order valence-electron chi connectivity index (χ1n) is 38.9. The summed E-state index contributed by atoms with van der Waals surface area (Å²) in [6.45, 7) is 12.5. The summed E-state index contributed by atoms with van der Waals surface area (Å²) < 4.78 is 31.7. The van der Waals surface area contributed by atoms with E-state index in [0.29, 0.717) is 29.7 Å². The number of guanidine groups is 1. The lowest BCUT2D eigenvalue weighted by molar-refractivity contribution is -0.192. The molecule has 0 aliphatic carbocycles. The van der Waals surface area contributed by atoms with Gasteiger partial charge in [-0.25, -0.2) is 14.6 Å². The van der Waals surface area contributed by atoms with E-state index in [2.05, 4.69) is 68.1 Å². The minimum Gasteiger partial charge on any atom is -0.480 e. The second kappa shape index (κ2) is 48.3. The summed E-state index contributed by atoms with van der Waals surface area (Å²) >= 11 is 0. The number of nitrogens with one attached hydrogen (secondary N) is 11. The van der Waals surface area contributed by atoms with Crippen LogP contribution in [0.15, 0.2) is 78.2 Å². The van der Waals surface area contributed by atoms with Crippen LogP contribution in [0.5, 0.6) is 0 Å². The summed E-state index contributed by atoms with van der Waals surface area (Å²) in [6.07, 6.45) is -5.11. The number of aromatic amines is 1. The lowest BCUT2D eigenvalue weighted by Gasteiger charge is -2.33. The number of primary amides is 1. The smallest absolute Gasteiger partial charge is 0.480 e. The van der Waals surface area contributed by atoms with Crippen molar-refractivity contribution in [1.82, 2.24) is 72.9 Å². The van der Waals surface area contributed by atoms with E-state index < -0.39 is 204 Å². The number of carboxylic acids is 2. The molecular formula is C76H115F3N20O19. The topological polar surface area (TPSA) is 635 Å². The summed E-state index contributed by atoms with van der Waals surface area (Å²) in [7, 11) is 0. The molecule has 118 heavy (non-hydrogen) atoms. The fraction of sp³-hybridized carbons (Fsp3) is 0.592. The standard InChI is InChI=1S/C74H114N20O17.C2HF3O2/c1-9-41(6)58(70(107)89-57(40(4)5)69(106)92-60(43(8)96)71(108)93-31-19-27-53(93)67(104)84-48(26-18-30-81-74(78)79)62(99)91-59(42(7)95)72(109)94-32-20-28-54(94)73(110)111)90-66(103)52(36-55(76)97)87-61(98)47(25-16-17-29-75)83-63(100)49(33-44-21-12-10-13-22-44)85-64(101)50(34-45-23-14-11-15-24-45)86-65(102)51(35-46-37-80-38-82-46)88-68(105)56(77)39(2)3;3-2(4,5)1(6)7/h10-15,21-24,37-43,47-54,56-60,95-96H,9,16-20,25-36,75,77H2,1-8H3,(H2,76,97)(H,80,82)(H,83,100)(H,84,104)(H,85,101)(H,86,102)(H,87,98)(H,88,105)(H,89,107)(H,90,103)(H,91,99)(H,92,106)(H,110,111)(H4,78,79,81);(H,6,7)/t41-,42+,43+,47-,48-,49-,50-,51-,52-,53-,54-,56-,57-,58-,59-,60-;/m0./s1. The lowest BCUT2D eigenvalue weighted by Crippen LogP contribution is -2.63. The summed E-state index contributed by atoms with van der Waals surface area (Å²) in [4.78, 5) is 219. The monoisotopic (exact) mass is 1670 g/mol. The highest BCUT2D eigenvalue weighted by Crippen LogP contribution is 2.24. The maximum absolute atomic E-state index is 14.9. The number of benzene rings is 2. The molecule has 0 saturated carbocycles. The Morgan fingerprint density at radius 3 is 1.40 bits per heavy atom. The number of aliphatic carboxylic acids is 2. The van der Waals surface area contributed by atoms with Gasteiger partial charge in [0.15, 0.2) is 5.96 Å². The molecule has 39 nitrogen and oxygen atoms in total. The summed E-state index contributed by atoms with van der Waals surface area (Å²) in [6, 6.07) is -1.53. The molecule has 0 spiro atoms. The van der Waals surface area contributed by atoms with Crippen LogP contribution in [0.4, 0.5) is 13.2 Å². The molecule has 16 atom stereocenters. The molecule has 654 valence electrons. The number of rotatable bonds is 45. The number of imidazole rings is 1. The van der Waals surface area contributed by atoms with E-state index >= 15 is 0 Å². The maximum atomic E-state index is 14.9. The summed E-state index contributed by atoms with van der Waals surface area (Å²) in [5.74, 6) is -17.9. The molecule has 0 unspecified atom stereocenters. The SMILES string of the molecule is CC[C@H](C)[C@H](NC(=O)[C@H](CC(N)=O)NC(=O)[C@H](CCCCN)NC(=O)[C@H](Cc1ccccc1)NC(=O)[C@H](Cc1ccccc1)NC(=O)[C@H](Cc1cnc[nH]1)NC(=O)[C@@H](N)C(C)C)C(=O)N[C@H](C(=O)N[C@H](C(=O)N1CCC[C@H]1C(=O)N[C@@H](CCCN=C(N)N)C(=O)N[C@H](C(=O)N1CCC[C@H]1C(=O)O)[C@@H](C)O)[C@@H](C)O)C(C)C.O=C(O)C(F)(F)F. The largest absolute Gasteiger partial charge is 0.490 e. The lowest BCUT2D eigenvalue weighted by atomic mass is 9.95. The average molecular weight is 1670 g/mol. The third kappa shape index (κ3) is 31.9. The molecule has 2 aliphatic rings. The normalized spacial score (nSPS) is 17.5. The average Bonchev–Trinajstić information content (AvgIpc) is 1.31. The molecule has 1 aromatic heterocycles. The van der Waals surface area contributed by atoms with Gasteiger partial charge in [0.2, 0.25) is 76.8 Å². The van der Waals surface area contributed by atoms with Crippen molar-refractivity contribution in [3.05, 3.63) is 90.0 Å². The molecule has 3 aromatic rings. The van der Waals surface area contributed by atoms with Gasteiger partial charge in [-0.15, -0.1) is 0 Å². The molecule has 0 radical (unpaired) electrons. The molecule has 3 heterocycles. The Morgan fingerprint density at radius 1 is 0.534 bits per heavy atom. The molecule has 13 amide bonds. The quantitative estimate of drug-likeness (QED) is 0.0148. The van der Waals surface area contributed by atoms with Crippen LogP contribution in [-0.4, -0.2) is 258 Å². The van der Waals surface area contributed by atoms with E-state index in [1.165, 1.54) is 26.4 Å². The zero-order valence-corrected chi connectivity index (χ0v) is 67.3. The predicted octanol–water partition coefficient (Wildman–Crippen LogP) is -3.51. The van der Waals surface area contributed by atoms with E-state index in [-0.39, 0.29) is 109 Å². The van der Waals surface area contributed by atoms with Crippen LogP contribution in [0.25, 0.3) is 0 Å². The van der Waals surface area contributed by atoms with Gasteiger partial charge >= 0.3 is 18.1 Å². The van der Waals surface area contributed by atoms with Crippen LogP contribution >= 0.6 is 0 Å². The van der Waals surface area contributed by atoms with Crippen LogP contribution in [-0.2, 0) is 91.2 Å². The van der Waals surface area contributed by atoms with Crippen molar-refractivity contribution in [2.24, 2.45) is 51.4 Å². The Labute approximate surface area is 680 Å². The number of unbranched alkanes of at least 4 members (excludes halogenated alkanes) is 1. The van der Waals surface area contributed by atoms with Gasteiger partial charge in [-0.05, 0) is 107 Å². The molecular weight excluding hydrogens is 1550 g/mol. The minimum absolute atomic E-state index is 0.00455. The zero-order chi connectivity index (χ0) is 88.4. The van der Waals surface area contributed by atoms with Crippen LogP contribution in [0, 0.1) is 17.8 Å². The van der Waals surface area contributed by atoms with Gasteiger partial charge in [0.05, 0.1) is 31.0 Å². The van der Waals surface area contributed by atoms with Crippen LogP contribution in [0.2, 0.25) is 0 Å². The third-order valence-corrected chi connectivity index (χ3v) is 19.7. The number of alkyl halides is 3. The van der Waals surface area contributed by atoms with E-state index in [0.717, 1.165) is 9.80 Å². The number of H-pyrrole nitrogens is 1. The van der Waals surface area contributed by atoms with Crippen molar-refractivity contribution in [3.63, 3.8) is 0 Å². The second-order valence-electron chi connectivity index (χ2n) is 29.8. The number of aliphatic imine (C=N–C) groups is 1. The van der Waals surface area contributed by atoms with Crippen molar-refractivity contribution in [2.45, 2.75) is 242 Å². The minimum atomic E-state index is -5.08. The number of aliphatic hydroxyl groups is 2. The number of amides is 13. The van der Waals surface area contributed by atoms with E-state index in [1.54, 1.807) is 102 Å². The Morgan fingerprint density at radius 2 is 0.949 bits per heavy atom. The van der Waals surface area contributed by atoms with E-state index in [1.807, 2.05) is 0 Å². The number of nitrogens with two attached hydrogens (primary N) is 5. The highest BCUT2D eigenvalue weighted by atomic mass is 19.4. The third-order valence-electron chi connectivity index (χ3n) is 19.7. The van der Waals surface area contributed by atoms with E-state index in [9.17, 15) is 95.6 Å². The van der Waals surface area contributed by atoms with Gasteiger partial charge in [0.1, 0.15) is 72.5 Å². The van der Waals surface area contributed by atoms with Crippen molar-refractivity contribution in [1.29, 1.82) is 0 Å². The van der Waals surface area contributed by atoms with Gasteiger partial charge in [-0.3, -0.25) is 67.3 Å². The predicted molar refractivity (Wildman–Crippen MR) is 420 cm³/mol. The maximum Gasteiger partial charge on any atom is 0.490 e. The first kappa shape index (κ1) is 99.0. The van der Waals surface area contributed by atoms with Crippen molar-refractivity contribution in [3.8, 4) is 0 Å². The van der Waals surface area contributed by atoms with Crippen molar-refractivity contribution >= 4 is 94.7 Å². The first-order chi connectivity index (χ1) is 55.5. The first-order valence-corrected chi connectivity index (χ1v) is 38.9. The Kier molecular flexibility index (Phi) is 40.5. The number of likely N-dealkylation sites (tertiary alicyclic amines) is 2. The summed E-state index contributed by atoms with van der Waals surface area (Å²) in [5.41, 5.74) is 30.4. The molecule has 2 aliphatic heterocycles. The number of hydrogen-bond acceptors (Lipinski definition) is 21. The summed E-state index contributed by atoms with van der Waals surface area (Å²) in [5, 5.41) is 65.1. The van der Waals surface area contributed by atoms with Crippen molar-refractivity contribution in [2.75, 3.05) is 26.2 Å². The van der Waals surface area contributed by atoms with Gasteiger partial charge in [0, 0.05) is 50.8 Å². The molecule has 0 bridgehead atoms. The highest BCUT2D eigenvalue weighted by Gasteiger charge is 2.45. The van der Waals surface area contributed by atoms with Crippen LogP contribution < -0.4 is 81.8 Å². The molecule has 5 rings (SSSR count). The fourth-order valence-corrected chi connectivity index (χ4v) is 12.8. The number of halogens is 3. The van der Waals surface area contributed by atoms with Crippen molar-refractivity contribution < 1.29 is 106 Å². The van der Waals surface area contributed by atoms with Crippen LogP contribution in [0.3, 0.4) is 0 Å². The van der Waals surface area contributed by atoms with Crippen LogP contribution in [0.1, 0.15) is 143 Å². The molecule has 2 aromatic carbocycles. The second-order valence-corrected chi connectivity index (χ2v) is 29.8. The molecule has 42 heteroatoms. The zero-order valence-electron chi connectivity index (χ0n) is 67.3. The number of nitrogens with zero attached hydrogens (tertiary/aromatic N) is 4. The van der Waals surface area contributed by atoms with E-state index in [4.69, 9.17) is 38.6 Å². The fourth-order valence-electron chi connectivity index (χ4n) is 12.8. The Balaban J connectivity index is 0.00000399. The van der Waals surface area contributed by atoms with Gasteiger partial charge in [-0.1, -0.05) is 109 Å². The Bertz CT molecular complexity index is 3900. The van der Waals surface area contributed by atoms with Gasteiger partial charge < -0.3 is 117 Å². The number of carbonyl (C=O) groups excluding carboxylic acids is 13. The number of hydrogen-bond donors (Lipinski definition) is 20. The van der Waals surface area contributed by atoms with Gasteiger partial charge in [-0.2, -0.15) is 13.2 Å². The highest BCUT2D eigenvalue weighted by molar-refractivity contribution is 6.01. The molecule has 2 fully saturated rings. The molecule has 2 saturated heterocycles. The molecule has 25 N–H and O–H groups in total. The van der Waals surface area contributed by atoms with Gasteiger partial charge in [0.25, 0.3) is 0 Å².